The third-order valence-corrected chi connectivity index (χ3v) is 2.52. The van der Waals surface area contributed by atoms with E-state index in [-0.39, 0.29) is 18.9 Å². The summed E-state index contributed by atoms with van der Waals surface area (Å²) in [5, 5.41) is 15.3. The Bertz CT molecular complexity index is 578. The first-order valence-corrected chi connectivity index (χ1v) is 5.77. The number of carbonyl (C=O) groups excluding carboxylic acids is 1. The van der Waals surface area contributed by atoms with Crippen LogP contribution in [0.2, 0.25) is 0 Å². The second kappa shape index (κ2) is 5.81. The number of aromatic nitrogens is 2. The van der Waals surface area contributed by atoms with Crippen molar-refractivity contribution in [2.45, 2.75) is 13.0 Å². The first kappa shape index (κ1) is 12.8. The highest BCUT2D eigenvalue weighted by molar-refractivity contribution is 6.03. The van der Waals surface area contributed by atoms with Gasteiger partial charge in [-0.2, -0.15) is 5.10 Å². The predicted octanol–water partition coefficient (Wildman–Crippen LogP) is 1.61. The van der Waals surface area contributed by atoms with Crippen LogP contribution in [0.3, 0.4) is 0 Å². The van der Waals surface area contributed by atoms with E-state index in [1.807, 2.05) is 18.2 Å². The van der Waals surface area contributed by atoms with Crippen molar-refractivity contribution >= 4 is 17.6 Å². The number of carbonyl (C=O) groups is 2. The molecule has 2 aromatic rings. The van der Waals surface area contributed by atoms with Crippen LogP contribution in [0.1, 0.15) is 16.9 Å². The van der Waals surface area contributed by atoms with Crippen LogP contribution in [-0.4, -0.2) is 26.8 Å². The van der Waals surface area contributed by atoms with E-state index < -0.39 is 5.97 Å². The Morgan fingerprint density at radius 1 is 1.21 bits per heavy atom. The molecule has 0 bridgehead atoms. The van der Waals surface area contributed by atoms with Gasteiger partial charge in [0.2, 0.25) is 0 Å². The Morgan fingerprint density at radius 2 is 1.95 bits per heavy atom. The number of hydrogen-bond donors (Lipinski definition) is 2. The number of hydrogen-bond acceptors (Lipinski definition) is 3. The lowest BCUT2D eigenvalue weighted by Gasteiger charge is -2.07. The summed E-state index contributed by atoms with van der Waals surface area (Å²) in [6.45, 7) is 0.167. The van der Waals surface area contributed by atoms with Crippen LogP contribution in [0.25, 0.3) is 0 Å². The standard InChI is InChI=1S/C13H13N3O3/c17-12(18)7-9-16-11(6-8-14-16)13(19)15-10-4-2-1-3-5-10/h1-6,8H,7,9H2,(H,15,19)(H,17,18). The van der Waals surface area contributed by atoms with Crippen molar-refractivity contribution in [1.29, 1.82) is 0 Å². The van der Waals surface area contributed by atoms with Gasteiger partial charge in [0, 0.05) is 11.9 Å². The molecule has 1 amide bonds. The van der Waals surface area contributed by atoms with E-state index in [0.717, 1.165) is 0 Å². The molecule has 1 aromatic carbocycles. The molecule has 6 nitrogen and oxygen atoms in total. The van der Waals surface area contributed by atoms with Crippen LogP contribution in [0.5, 0.6) is 0 Å². The van der Waals surface area contributed by atoms with E-state index in [0.29, 0.717) is 11.4 Å². The van der Waals surface area contributed by atoms with E-state index >= 15 is 0 Å². The number of carboxylic acids is 1. The van der Waals surface area contributed by atoms with Gasteiger partial charge in [0.15, 0.2) is 0 Å². The molecular formula is C13H13N3O3. The van der Waals surface area contributed by atoms with Gasteiger partial charge in [-0.15, -0.1) is 0 Å². The minimum absolute atomic E-state index is 0.0761. The number of carboxylic acid groups (broad SMARTS) is 1. The number of aliphatic carboxylic acids is 1. The van der Waals surface area contributed by atoms with E-state index in [2.05, 4.69) is 10.4 Å². The van der Waals surface area contributed by atoms with E-state index in [1.54, 1.807) is 18.2 Å². The second-order valence-corrected chi connectivity index (χ2v) is 3.90. The number of aryl methyl sites for hydroxylation is 1. The number of rotatable bonds is 5. The normalized spacial score (nSPS) is 10.1. The van der Waals surface area contributed by atoms with Gasteiger partial charge in [-0.05, 0) is 18.2 Å². The Labute approximate surface area is 109 Å². The third-order valence-electron chi connectivity index (χ3n) is 2.52. The smallest absolute Gasteiger partial charge is 0.305 e. The van der Waals surface area contributed by atoms with Crippen LogP contribution in [0, 0.1) is 0 Å². The van der Waals surface area contributed by atoms with Gasteiger partial charge >= 0.3 is 5.97 Å². The van der Waals surface area contributed by atoms with Crippen molar-refractivity contribution in [2.75, 3.05) is 5.32 Å². The molecule has 98 valence electrons. The number of amides is 1. The lowest BCUT2D eigenvalue weighted by Crippen LogP contribution is -2.18. The van der Waals surface area contributed by atoms with Gasteiger partial charge in [-0.25, -0.2) is 0 Å². The summed E-state index contributed by atoms with van der Waals surface area (Å²) < 4.78 is 1.38. The van der Waals surface area contributed by atoms with Crippen LogP contribution in [-0.2, 0) is 11.3 Å². The molecule has 6 heteroatoms. The lowest BCUT2D eigenvalue weighted by atomic mass is 10.3. The van der Waals surface area contributed by atoms with E-state index in [1.165, 1.54) is 10.9 Å². The molecule has 0 unspecified atom stereocenters. The zero-order chi connectivity index (χ0) is 13.7. The number of nitrogens with zero attached hydrogens (tertiary/aromatic N) is 2. The quantitative estimate of drug-likeness (QED) is 0.854. The predicted molar refractivity (Wildman–Crippen MR) is 68.9 cm³/mol. The SMILES string of the molecule is O=C(O)CCn1nccc1C(=O)Nc1ccccc1. The highest BCUT2D eigenvalue weighted by atomic mass is 16.4. The maximum absolute atomic E-state index is 12.0. The van der Waals surface area contributed by atoms with Gasteiger partial charge in [-0.3, -0.25) is 14.3 Å². The largest absolute Gasteiger partial charge is 0.481 e. The molecule has 0 aliphatic rings. The number of anilines is 1. The molecular weight excluding hydrogens is 246 g/mol. The van der Waals surface area contributed by atoms with Crippen LogP contribution in [0.15, 0.2) is 42.6 Å². The lowest BCUT2D eigenvalue weighted by molar-refractivity contribution is -0.137. The molecule has 0 aliphatic carbocycles. The molecule has 0 saturated carbocycles. The molecule has 0 saturated heterocycles. The minimum atomic E-state index is -0.926. The average Bonchev–Trinajstić information content (AvgIpc) is 2.86. The fourth-order valence-electron chi connectivity index (χ4n) is 1.62. The van der Waals surface area contributed by atoms with Gasteiger partial charge in [0.25, 0.3) is 5.91 Å². The summed E-state index contributed by atoms with van der Waals surface area (Å²) in [7, 11) is 0. The molecule has 1 heterocycles. The fraction of sp³-hybridized carbons (Fsp3) is 0.154. The van der Waals surface area contributed by atoms with E-state index in [4.69, 9.17) is 5.11 Å². The van der Waals surface area contributed by atoms with Crippen molar-refractivity contribution in [2.24, 2.45) is 0 Å². The summed E-state index contributed by atoms with van der Waals surface area (Å²) in [5.41, 5.74) is 1.02. The second-order valence-electron chi connectivity index (χ2n) is 3.90. The molecule has 0 aliphatic heterocycles. The van der Waals surface area contributed by atoms with Crippen LogP contribution in [0.4, 0.5) is 5.69 Å². The maximum Gasteiger partial charge on any atom is 0.305 e. The van der Waals surface area contributed by atoms with Crippen LogP contribution < -0.4 is 5.32 Å². The minimum Gasteiger partial charge on any atom is -0.481 e. The third kappa shape index (κ3) is 3.41. The van der Waals surface area contributed by atoms with Gasteiger partial charge in [0.05, 0.1) is 13.0 Å². The summed E-state index contributed by atoms with van der Waals surface area (Å²) in [5.74, 6) is -1.24. The number of nitrogens with one attached hydrogen (secondary N) is 1. The first-order valence-electron chi connectivity index (χ1n) is 5.77. The summed E-state index contributed by atoms with van der Waals surface area (Å²) >= 11 is 0. The summed E-state index contributed by atoms with van der Waals surface area (Å²) in [6, 6.07) is 10.6. The Hall–Kier alpha value is -2.63. The zero-order valence-electron chi connectivity index (χ0n) is 10.1. The Balaban J connectivity index is 2.07. The molecule has 0 fully saturated rings. The summed E-state index contributed by atoms with van der Waals surface area (Å²) in [4.78, 5) is 22.5. The molecule has 0 radical (unpaired) electrons. The van der Waals surface area contributed by atoms with Crippen molar-refractivity contribution in [3.8, 4) is 0 Å². The molecule has 0 spiro atoms. The topological polar surface area (TPSA) is 84.2 Å². The first-order chi connectivity index (χ1) is 9.16. The monoisotopic (exact) mass is 259 g/mol. The van der Waals surface area contributed by atoms with Crippen molar-refractivity contribution in [3.63, 3.8) is 0 Å². The average molecular weight is 259 g/mol. The van der Waals surface area contributed by atoms with Gasteiger partial charge in [-0.1, -0.05) is 18.2 Å². The maximum atomic E-state index is 12.0. The Morgan fingerprint density at radius 3 is 2.63 bits per heavy atom. The molecule has 1 aromatic heterocycles. The van der Waals surface area contributed by atoms with Crippen LogP contribution >= 0.6 is 0 Å². The molecule has 19 heavy (non-hydrogen) atoms. The highest BCUT2D eigenvalue weighted by Crippen LogP contribution is 2.08. The van der Waals surface area contributed by atoms with E-state index in [9.17, 15) is 9.59 Å². The van der Waals surface area contributed by atoms with Crippen molar-refractivity contribution in [3.05, 3.63) is 48.3 Å². The fourth-order valence-corrected chi connectivity index (χ4v) is 1.62. The van der Waals surface area contributed by atoms with Gasteiger partial charge in [0.1, 0.15) is 5.69 Å². The molecule has 2 N–H and O–H groups in total. The van der Waals surface area contributed by atoms with Crippen molar-refractivity contribution in [1.82, 2.24) is 9.78 Å². The highest BCUT2D eigenvalue weighted by Gasteiger charge is 2.12. The Kier molecular flexibility index (Phi) is 3.92. The van der Waals surface area contributed by atoms with Crippen molar-refractivity contribution < 1.29 is 14.7 Å². The van der Waals surface area contributed by atoms with Gasteiger partial charge < -0.3 is 10.4 Å². The number of benzene rings is 1. The summed E-state index contributed by atoms with van der Waals surface area (Å²) in [6.07, 6.45) is 1.40. The molecule has 0 atom stereocenters. The molecule has 2 rings (SSSR count). The number of para-hydroxylation sites is 1. The zero-order valence-corrected chi connectivity index (χ0v) is 10.1.